The van der Waals surface area contributed by atoms with Gasteiger partial charge in [0, 0.05) is 17.4 Å². The van der Waals surface area contributed by atoms with Crippen molar-refractivity contribution in [3.8, 4) is 5.75 Å². The Morgan fingerprint density at radius 2 is 2.00 bits per heavy atom. The number of aromatic hydroxyl groups is 1. The fourth-order valence-corrected chi connectivity index (χ4v) is 1.91. The summed E-state index contributed by atoms with van der Waals surface area (Å²) >= 11 is 11.5. The van der Waals surface area contributed by atoms with E-state index in [4.69, 9.17) is 23.2 Å². The van der Waals surface area contributed by atoms with Gasteiger partial charge in [0.25, 0.3) is 5.91 Å². The lowest BCUT2D eigenvalue weighted by Gasteiger charge is -2.05. The number of rotatable bonds is 3. The molecule has 1 aromatic carbocycles. The summed E-state index contributed by atoms with van der Waals surface area (Å²) in [5.41, 5.74) is 3.00. The normalized spacial score (nSPS) is 10.7. The van der Waals surface area contributed by atoms with Gasteiger partial charge in [-0.1, -0.05) is 23.2 Å². The van der Waals surface area contributed by atoms with Crippen LogP contribution in [-0.4, -0.2) is 22.2 Å². The van der Waals surface area contributed by atoms with E-state index >= 15 is 0 Å². The fourth-order valence-electron chi connectivity index (χ4n) is 1.41. The number of nitrogens with zero attached hydrogens (tertiary/aromatic N) is 2. The maximum Gasteiger partial charge on any atom is 0.275 e. The summed E-state index contributed by atoms with van der Waals surface area (Å²) < 4.78 is 0. The van der Waals surface area contributed by atoms with Crippen molar-refractivity contribution < 1.29 is 9.90 Å². The van der Waals surface area contributed by atoms with Crippen molar-refractivity contribution in [1.29, 1.82) is 0 Å². The molecule has 0 atom stereocenters. The first-order valence-electron chi connectivity index (χ1n) is 5.49. The fraction of sp³-hybridized carbons (Fsp3) is 0. The van der Waals surface area contributed by atoms with Gasteiger partial charge in [0.15, 0.2) is 0 Å². The number of hydrogen-bond acceptors (Lipinski definition) is 4. The van der Waals surface area contributed by atoms with Gasteiger partial charge in [0.05, 0.1) is 16.8 Å². The molecule has 1 heterocycles. The monoisotopic (exact) mass is 309 g/mol. The highest BCUT2D eigenvalue weighted by Crippen LogP contribution is 2.30. The number of carbonyl (C=O) groups is 1. The highest BCUT2D eigenvalue weighted by molar-refractivity contribution is 6.36. The molecular weight excluding hydrogens is 301 g/mol. The van der Waals surface area contributed by atoms with E-state index in [1.165, 1.54) is 18.3 Å². The third-order valence-corrected chi connectivity index (χ3v) is 2.86. The summed E-state index contributed by atoms with van der Waals surface area (Å²) in [6.45, 7) is 0. The molecule has 2 N–H and O–H groups in total. The van der Waals surface area contributed by atoms with E-state index < -0.39 is 5.91 Å². The molecule has 102 valence electrons. The van der Waals surface area contributed by atoms with Crippen LogP contribution in [-0.2, 0) is 0 Å². The Labute approximate surface area is 124 Å². The standard InChI is InChI=1S/C13H9Cl2N3O2/c14-9-5-10(12(19)11(15)6-9)13(20)18-17-7-8-1-3-16-4-2-8/h1-7,19H,(H,18,20). The first-order valence-corrected chi connectivity index (χ1v) is 6.25. The Balaban J connectivity index is 2.11. The van der Waals surface area contributed by atoms with E-state index in [-0.39, 0.29) is 21.4 Å². The second-order valence-corrected chi connectivity index (χ2v) is 4.61. The van der Waals surface area contributed by atoms with Crippen LogP contribution in [0.3, 0.4) is 0 Å². The Bertz CT molecular complexity index is 660. The molecule has 2 rings (SSSR count). The highest BCUT2D eigenvalue weighted by atomic mass is 35.5. The Morgan fingerprint density at radius 1 is 1.30 bits per heavy atom. The molecule has 0 aliphatic heterocycles. The van der Waals surface area contributed by atoms with Crippen molar-refractivity contribution in [2.24, 2.45) is 5.10 Å². The van der Waals surface area contributed by atoms with Crippen LogP contribution in [0.5, 0.6) is 5.75 Å². The number of hydrazone groups is 1. The number of hydrogen-bond donors (Lipinski definition) is 2. The first-order chi connectivity index (χ1) is 9.58. The van der Waals surface area contributed by atoms with E-state index in [1.54, 1.807) is 24.5 Å². The molecule has 1 aromatic heterocycles. The van der Waals surface area contributed by atoms with E-state index in [0.29, 0.717) is 0 Å². The third-order valence-electron chi connectivity index (χ3n) is 2.36. The van der Waals surface area contributed by atoms with Gasteiger partial charge >= 0.3 is 0 Å². The van der Waals surface area contributed by atoms with E-state index in [0.717, 1.165) is 5.56 Å². The zero-order valence-corrected chi connectivity index (χ0v) is 11.6. The van der Waals surface area contributed by atoms with Crippen LogP contribution in [0.25, 0.3) is 0 Å². The van der Waals surface area contributed by atoms with Crippen LogP contribution in [0.1, 0.15) is 15.9 Å². The zero-order valence-electron chi connectivity index (χ0n) is 10.0. The zero-order chi connectivity index (χ0) is 14.5. The van der Waals surface area contributed by atoms with Crippen LogP contribution in [0, 0.1) is 0 Å². The lowest BCUT2D eigenvalue weighted by Crippen LogP contribution is -2.17. The minimum atomic E-state index is -0.614. The van der Waals surface area contributed by atoms with Crippen LogP contribution in [0.4, 0.5) is 0 Å². The number of phenolic OH excluding ortho intramolecular Hbond substituents is 1. The number of pyridine rings is 1. The number of amides is 1. The number of nitrogens with one attached hydrogen (secondary N) is 1. The predicted molar refractivity (Wildman–Crippen MR) is 77.4 cm³/mol. The van der Waals surface area contributed by atoms with Gasteiger partial charge in [-0.05, 0) is 29.8 Å². The van der Waals surface area contributed by atoms with Crippen LogP contribution in [0.15, 0.2) is 41.8 Å². The second kappa shape index (κ2) is 6.36. The van der Waals surface area contributed by atoms with E-state index in [9.17, 15) is 9.90 Å². The van der Waals surface area contributed by atoms with Gasteiger partial charge in [0.1, 0.15) is 5.75 Å². The van der Waals surface area contributed by atoms with Gasteiger partial charge in [-0.15, -0.1) is 0 Å². The van der Waals surface area contributed by atoms with Crippen molar-refractivity contribution >= 4 is 35.3 Å². The smallest absolute Gasteiger partial charge is 0.275 e. The number of benzene rings is 1. The highest BCUT2D eigenvalue weighted by Gasteiger charge is 2.14. The van der Waals surface area contributed by atoms with Gasteiger partial charge in [-0.2, -0.15) is 5.10 Å². The summed E-state index contributed by atoms with van der Waals surface area (Å²) in [7, 11) is 0. The number of carbonyl (C=O) groups excluding carboxylic acids is 1. The summed E-state index contributed by atoms with van der Waals surface area (Å²) in [6.07, 6.45) is 4.65. The minimum absolute atomic E-state index is 0.000707. The molecule has 0 radical (unpaired) electrons. The Hall–Kier alpha value is -2.11. The number of phenols is 1. The average Bonchev–Trinajstić information content (AvgIpc) is 2.44. The van der Waals surface area contributed by atoms with E-state index in [2.05, 4.69) is 15.5 Å². The topological polar surface area (TPSA) is 74.6 Å². The second-order valence-electron chi connectivity index (χ2n) is 3.76. The molecule has 0 saturated heterocycles. The molecule has 0 bridgehead atoms. The Morgan fingerprint density at radius 3 is 2.70 bits per heavy atom. The van der Waals surface area contributed by atoms with Crippen molar-refractivity contribution in [2.75, 3.05) is 0 Å². The van der Waals surface area contributed by atoms with Gasteiger partial charge in [-0.25, -0.2) is 5.43 Å². The summed E-state index contributed by atoms with van der Waals surface area (Å²) in [4.78, 5) is 15.7. The molecule has 2 aromatic rings. The summed E-state index contributed by atoms with van der Waals surface area (Å²) in [5, 5.41) is 13.7. The third kappa shape index (κ3) is 3.46. The van der Waals surface area contributed by atoms with Gasteiger partial charge in [-0.3, -0.25) is 9.78 Å². The van der Waals surface area contributed by atoms with Gasteiger partial charge in [0.2, 0.25) is 0 Å². The van der Waals surface area contributed by atoms with Crippen LogP contribution < -0.4 is 5.43 Å². The largest absolute Gasteiger partial charge is 0.506 e. The summed E-state index contributed by atoms with van der Waals surface area (Å²) in [5.74, 6) is -0.954. The molecular formula is C13H9Cl2N3O2. The lowest BCUT2D eigenvalue weighted by atomic mass is 10.2. The molecule has 0 saturated carbocycles. The maximum atomic E-state index is 11.8. The number of aromatic nitrogens is 1. The van der Waals surface area contributed by atoms with Crippen LogP contribution >= 0.6 is 23.2 Å². The molecule has 0 unspecified atom stereocenters. The summed E-state index contributed by atoms with van der Waals surface area (Å²) in [6, 6.07) is 6.10. The molecule has 0 fully saturated rings. The first kappa shape index (κ1) is 14.3. The number of halogens is 2. The SMILES string of the molecule is O=C(NN=Cc1ccncc1)c1cc(Cl)cc(Cl)c1O. The molecule has 1 amide bonds. The quantitative estimate of drug-likeness (QED) is 0.676. The molecule has 0 spiro atoms. The average molecular weight is 310 g/mol. The maximum absolute atomic E-state index is 11.8. The van der Waals surface area contributed by atoms with Crippen LogP contribution in [0.2, 0.25) is 10.0 Å². The van der Waals surface area contributed by atoms with Crippen molar-refractivity contribution in [2.45, 2.75) is 0 Å². The van der Waals surface area contributed by atoms with E-state index in [1.807, 2.05) is 0 Å². The molecule has 20 heavy (non-hydrogen) atoms. The lowest BCUT2D eigenvalue weighted by molar-refractivity contribution is 0.0952. The molecule has 0 aliphatic carbocycles. The molecule has 7 heteroatoms. The van der Waals surface area contributed by atoms with Crippen molar-refractivity contribution in [3.63, 3.8) is 0 Å². The predicted octanol–water partition coefficient (Wildman–Crippen LogP) is 2.86. The molecule has 0 aliphatic rings. The molecule has 5 nitrogen and oxygen atoms in total. The van der Waals surface area contributed by atoms with Crippen molar-refractivity contribution in [3.05, 3.63) is 57.8 Å². The van der Waals surface area contributed by atoms with Gasteiger partial charge < -0.3 is 5.11 Å². The van der Waals surface area contributed by atoms with Crippen molar-refractivity contribution in [1.82, 2.24) is 10.4 Å². The Kier molecular flexibility index (Phi) is 4.55. The minimum Gasteiger partial charge on any atom is -0.506 e.